The fourth-order valence-electron chi connectivity index (χ4n) is 1.04. The molecular weight excluding hydrogens is 136 g/mol. The maximum absolute atomic E-state index is 4.29. The van der Waals surface area contributed by atoms with Gasteiger partial charge in [0.25, 0.3) is 0 Å². The van der Waals surface area contributed by atoms with Gasteiger partial charge in [0.1, 0.15) is 0 Å². The summed E-state index contributed by atoms with van der Waals surface area (Å²) in [5, 5.41) is 0. The summed E-state index contributed by atoms with van der Waals surface area (Å²) in [6.07, 6.45) is 6.04. The normalized spacial score (nSPS) is 16.9. The quantitative estimate of drug-likeness (QED) is 0.601. The second-order valence-corrected chi connectivity index (χ2v) is 2.63. The largest absolute Gasteiger partial charge is 0.359 e. The van der Waals surface area contributed by atoms with E-state index in [1.165, 1.54) is 5.70 Å². The van der Waals surface area contributed by atoms with E-state index >= 15 is 0 Å². The molecule has 1 radical (unpaired) electrons. The minimum Gasteiger partial charge on any atom is -0.359 e. The molecule has 0 fully saturated rings. The SMILES string of the molecule is [CH2]CCC1=CCN(CC)C=N1. The molecular formula is C9H15N2. The summed E-state index contributed by atoms with van der Waals surface area (Å²) in [5.41, 5.74) is 1.18. The van der Waals surface area contributed by atoms with E-state index in [-0.39, 0.29) is 0 Å². The van der Waals surface area contributed by atoms with E-state index in [9.17, 15) is 0 Å². The third-order valence-electron chi connectivity index (χ3n) is 1.79. The maximum atomic E-state index is 4.29. The Labute approximate surface area is 68.6 Å². The predicted octanol–water partition coefficient (Wildman–Crippen LogP) is 1.85. The van der Waals surface area contributed by atoms with E-state index in [2.05, 4.69) is 29.8 Å². The molecule has 0 unspecified atom stereocenters. The highest BCUT2D eigenvalue weighted by atomic mass is 15.2. The van der Waals surface area contributed by atoms with Crippen molar-refractivity contribution in [2.45, 2.75) is 19.8 Å². The lowest BCUT2D eigenvalue weighted by molar-refractivity contribution is 0.493. The molecule has 2 nitrogen and oxygen atoms in total. The summed E-state index contributed by atoms with van der Waals surface area (Å²) in [4.78, 5) is 6.47. The molecule has 1 heterocycles. The van der Waals surface area contributed by atoms with Gasteiger partial charge in [-0.25, -0.2) is 4.99 Å². The Morgan fingerprint density at radius 1 is 1.73 bits per heavy atom. The van der Waals surface area contributed by atoms with E-state index in [1.807, 2.05) is 6.34 Å². The average molecular weight is 151 g/mol. The summed E-state index contributed by atoms with van der Waals surface area (Å²) in [6, 6.07) is 0. The molecule has 11 heavy (non-hydrogen) atoms. The Bertz CT molecular complexity index is 170. The van der Waals surface area contributed by atoms with E-state index in [1.54, 1.807) is 0 Å². The van der Waals surface area contributed by atoms with Crippen LogP contribution < -0.4 is 0 Å². The first-order valence-electron chi connectivity index (χ1n) is 4.13. The van der Waals surface area contributed by atoms with Crippen molar-refractivity contribution in [3.63, 3.8) is 0 Å². The van der Waals surface area contributed by atoms with Crippen molar-refractivity contribution < 1.29 is 0 Å². The van der Waals surface area contributed by atoms with Gasteiger partial charge < -0.3 is 4.90 Å². The Kier molecular flexibility index (Phi) is 3.14. The van der Waals surface area contributed by atoms with Crippen LogP contribution in [0.4, 0.5) is 0 Å². The van der Waals surface area contributed by atoms with Crippen molar-refractivity contribution >= 4 is 6.34 Å². The third kappa shape index (κ3) is 2.37. The molecule has 0 aromatic heterocycles. The zero-order chi connectivity index (χ0) is 8.10. The van der Waals surface area contributed by atoms with Crippen molar-refractivity contribution in [3.05, 3.63) is 18.7 Å². The van der Waals surface area contributed by atoms with Crippen molar-refractivity contribution in [1.82, 2.24) is 4.90 Å². The Balaban J connectivity index is 2.39. The lowest BCUT2D eigenvalue weighted by Crippen LogP contribution is -2.24. The van der Waals surface area contributed by atoms with Gasteiger partial charge in [0, 0.05) is 18.8 Å². The molecule has 0 spiro atoms. The summed E-state index contributed by atoms with van der Waals surface area (Å²) in [5.74, 6) is 0. The second kappa shape index (κ2) is 4.16. The Hall–Kier alpha value is -0.790. The van der Waals surface area contributed by atoms with E-state index in [0.717, 1.165) is 25.9 Å². The first-order chi connectivity index (χ1) is 5.36. The van der Waals surface area contributed by atoms with E-state index < -0.39 is 0 Å². The molecule has 0 saturated carbocycles. The molecule has 1 aliphatic rings. The van der Waals surface area contributed by atoms with Gasteiger partial charge in [0.2, 0.25) is 0 Å². The number of allylic oxidation sites excluding steroid dienone is 1. The molecule has 1 rings (SSSR count). The molecule has 0 aromatic carbocycles. The highest BCUT2D eigenvalue weighted by Gasteiger charge is 2.01. The molecule has 0 aromatic rings. The second-order valence-electron chi connectivity index (χ2n) is 2.63. The Morgan fingerprint density at radius 2 is 2.55 bits per heavy atom. The standard InChI is InChI=1S/C9H15N2/c1-3-5-9-6-7-11(4-2)8-10-9/h6,8H,1,3-5,7H2,2H3. The van der Waals surface area contributed by atoms with Gasteiger partial charge in [-0.1, -0.05) is 6.92 Å². The van der Waals surface area contributed by atoms with Crippen LogP contribution in [0.1, 0.15) is 19.8 Å². The molecule has 1 aliphatic heterocycles. The van der Waals surface area contributed by atoms with Crippen LogP contribution in [0.5, 0.6) is 0 Å². The zero-order valence-electron chi connectivity index (χ0n) is 7.08. The highest BCUT2D eigenvalue weighted by molar-refractivity contribution is 5.58. The number of rotatable bonds is 3. The topological polar surface area (TPSA) is 15.6 Å². The molecule has 0 aliphatic carbocycles. The van der Waals surface area contributed by atoms with Crippen LogP contribution in [0.3, 0.4) is 0 Å². The van der Waals surface area contributed by atoms with Crippen molar-refractivity contribution in [2.75, 3.05) is 13.1 Å². The first-order valence-corrected chi connectivity index (χ1v) is 4.13. The van der Waals surface area contributed by atoms with Crippen molar-refractivity contribution in [2.24, 2.45) is 4.99 Å². The number of nitrogens with zero attached hydrogens (tertiary/aromatic N) is 2. The molecule has 0 bridgehead atoms. The monoisotopic (exact) mass is 151 g/mol. The van der Waals surface area contributed by atoms with Crippen LogP contribution in [0.15, 0.2) is 16.8 Å². The van der Waals surface area contributed by atoms with Crippen LogP contribution >= 0.6 is 0 Å². The van der Waals surface area contributed by atoms with Gasteiger partial charge in [-0.05, 0) is 25.8 Å². The van der Waals surface area contributed by atoms with Gasteiger partial charge in [0.15, 0.2) is 0 Å². The minimum absolute atomic E-state index is 0.940. The molecule has 0 amide bonds. The average Bonchev–Trinajstić information content (AvgIpc) is 2.07. The summed E-state index contributed by atoms with van der Waals surface area (Å²) >= 11 is 0. The summed E-state index contributed by atoms with van der Waals surface area (Å²) in [7, 11) is 0. The smallest absolute Gasteiger partial charge is 0.0910 e. The number of likely N-dealkylation sites (N-methyl/N-ethyl adjacent to an activating group) is 1. The molecule has 0 atom stereocenters. The van der Waals surface area contributed by atoms with Crippen LogP contribution in [-0.2, 0) is 0 Å². The maximum Gasteiger partial charge on any atom is 0.0910 e. The van der Waals surface area contributed by atoms with E-state index in [4.69, 9.17) is 0 Å². The molecule has 0 saturated heterocycles. The van der Waals surface area contributed by atoms with Gasteiger partial charge in [0.05, 0.1) is 6.34 Å². The van der Waals surface area contributed by atoms with E-state index in [0.29, 0.717) is 0 Å². The van der Waals surface area contributed by atoms with Gasteiger partial charge in [-0.3, -0.25) is 0 Å². The van der Waals surface area contributed by atoms with Gasteiger partial charge >= 0.3 is 0 Å². The fourth-order valence-corrected chi connectivity index (χ4v) is 1.04. The zero-order valence-corrected chi connectivity index (χ0v) is 7.08. The highest BCUT2D eigenvalue weighted by Crippen LogP contribution is 2.09. The van der Waals surface area contributed by atoms with Crippen LogP contribution in [0.25, 0.3) is 0 Å². The number of hydrogen-bond acceptors (Lipinski definition) is 2. The third-order valence-corrected chi connectivity index (χ3v) is 1.79. The van der Waals surface area contributed by atoms with Crippen LogP contribution in [0.2, 0.25) is 0 Å². The lowest BCUT2D eigenvalue weighted by Gasteiger charge is -2.19. The minimum atomic E-state index is 0.940. The van der Waals surface area contributed by atoms with Crippen LogP contribution in [-0.4, -0.2) is 24.3 Å². The van der Waals surface area contributed by atoms with Crippen molar-refractivity contribution in [3.8, 4) is 0 Å². The fraction of sp³-hybridized carbons (Fsp3) is 0.556. The van der Waals surface area contributed by atoms with Crippen molar-refractivity contribution in [1.29, 1.82) is 0 Å². The summed E-state index contributed by atoms with van der Waals surface area (Å²) < 4.78 is 0. The van der Waals surface area contributed by atoms with Gasteiger partial charge in [-0.15, -0.1) is 0 Å². The predicted molar refractivity (Wildman–Crippen MR) is 48.4 cm³/mol. The summed E-state index contributed by atoms with van der Waals surface area (Å²) in [6.45, 7) is 7.97. The lowest BCUT2D eigenvalue weighted by atomic mass is 10.2. The number of aliphatic imine (C=N–C) groups is 1. The molecule has 61 valence electrons. The molecule has 2 heteroatoms. The first kappa shape index (κ1) is 8.31. The van der Waals surface area contributed by atoms with Crippen LogP contribution in [0, 0.1) is 6.92 Å². The number of hydrogen-bond donors (Lipinski definition) is 0. The molecule has 0 N–H and O–H groups in total. The Morgan fingerprint density at radius 3 is 3.00 bits per heavy atom. The van der Waals surface area contributed by atoms with Gasteiger partial charge in [-0.2, -0.15) is 0 Å².